The van der Waals surface area contributed by atoms with Gasteiger partial charge in [0.05, 0.1) is 11.0 Å². The Morgan fingerprint density at radius 3 is 2.63 bits per heavy atom. The molecule has 8 heteroatoms. The van der Waals surface area contributed by atoms with Crippen molar-refractivity contribution in [2.75, 3.05) is 39.8 Å². The van der Waals surface area contributed by atoms with Gasteiger partial charge < -0.3 is 10.1 Å². The van der Waals surface area contributed by atoms with Crippen LogP contribution in [0, 0.1) is 0 Å². The number of carbonyl (C=O) groups is 1. The van der Waals surface area contributed by atoms with Crippen LogP contribution in [0.25, 0.3) is 0 Å². The molecule has 7 nitrogen and oxygen atoms in total. The van der Waals surface area contributed by atoms with E-state index in [1.165, 1.54) is 29.6 Å². The molecule has 1 aromatic rings. The number of hydrogen-bond donors (Lipinski definition) is 1. The van der Waals surface area contributed by atoms with Gasteiger partial charge in [-0.3, -0.25) is 9.69 Å². The number of nitrogens with one attached hydrogen (secondary N) is 1. The van der Waals surface area contributed by atoms with Gasteiger partial charge in [0.15, 0.2) is 0 Å². The quantitative estimate of drug-likeness (QED) is 0.753. The molecule has 1 atom stereocenters. The molecule has 1 amide bonds. The summed E-state index contributed by atoms with van der Waals surface area (Å²) < 4.78 is 32.4. The van der Waals surface area contributed by atoms with Crippen molar-refractivity contribution < 1.29 is 17.9 Å². The van der Waals surface area contributed by atoms with Crippen molar-refractivity contribution in [2.45, 2.75) is 43.2 Å². The Bertz CT molecular complexity index is 756. The predicted octanol–water partition coefficient (Wildman–Crippen LogP) is 1.31. The Morgan fingerprint density at radius 1 is 1.26 bits per heavy atom. The molecule has 0 aromatic heterocycles. The lowest BCUT2D eigenvalue weighted by Crippen LogP contribution is -2.61. The van der Waals surface area contributed by atoms with Gasteiger partial charge >= 0.3 is 0 Å². The summed E-state index contributed by atoms with van der Waals surface area (Å²) in [5, 5.41) is 2.76. The van der Waals surface area contributed by atoms with Crippen molar-refractivity contribution in [3.05, 3.63) is 29.8 Å². The van der Waals surface area contributed by atoms with E-state index >= 15 is 0 Å². The van der Waals surface area contributed by atoms with Crippen molar-refractivity contribution in [3.63, 3.8) is 0 Å². The summed E-state index contributed by atoms with van der Waals surface area (Å²) in [6.45, 7) is 5.41. The van der Waals surface area contributed by atoms with Crippen molar-refractivity contribution in [1.29, 1.82) is 0 Å². The monoisotopic (exact) mass is 395 g/mol. The molecule has 0 aliphatic carbocycles. The van der Waals surface area contributed by atoms with E-state index in [4.69, 9.17) is 4.74 Å². The normalized spacial score (nSPS) is 20.8. The number of methoxy groups -OCH3 is 1. The molecule has 0 spiro atoms. The molecule has 2 aliphatic heterocycles. The first-order chi connectivity index (χ1) is 12.9. The maximum atomic E-state index is 12.9. The highest BCUT2D eigenvalue weighted by molar-refractivity contribution is 7.89. The second kappa shape index (κ2) is 8.68. The van der Waals surface area contributed by atoms with Gasteiger partial charge in [-0.15, -0.1) is 0 Å². The van der Waals surface area contributed by atoms with Crippen LogP contribution < -0.4 is 5.32 Å². The summed E-state index contributed by atoms with van der Waals surface area (Å²) in [7, 11) is -1.99. The third-order valence-electron chi connectivity index (χ3n) is 5.42. The van der Waals surface area contributed by atoms with Crippen LogP contribution in [0.4, 0.5) is 0 Å². The Labute approximate surface area is 161 Å². The molecule has 0 bridgehead atoms. The number of rotatable bonds is 7. The number of benzene rings is 1. The topological polar surface area (TPSA) is 78.9 Å². The molecule has 0 radical (unpaired) electrons. The van der Waals surface area contributed by atoms with Gasteiger partial charge in [0.25, 0.3) is 5.91 Å². The molecule has 0 saturated carbocycles. The third-order valence-corrected chi connectivity index (χ3v) is 7.25. The molecule has 2 fully saturated rings. The fourth-order valence-electron chi connectivity index (χ4n) is 3.50. The summed E-state index contributed by atoms with van der Waals surface area (Å²) >= 11 is 0. The van der Waals surface area contributed by atoms with Gasteiger partial charge in [0, 0.05) is 38.3 Å². The van der Waals surface area contributed by atoms with Gasteiger partial charge in [-0.1, -0.05) is 12.5 Å². The van der Waals surface area contributed by atoms with Crippen LogP contribution in [-0.4, -0.2) is 75.5 Å². The maximum Gasteiger partial charge on any atom is 0.251 e. The van der Waals surface area contributed by atoms with Crippen LogP contribution in [-0.2, 0) is 14.8 Å². The van der Waals surface area contributed by atoms with Crippen LogP contribution in [0.3, 0.4) is 0 Å². The van der Waals surface area contributed by atoms with Gasteiger partial charge in [-0.05, 0) is 51.1 Å². The molecule has 3 rings (SSSR count). The Morgan fingerprint density at radius 2 is 1.96 bits per heavy atom. The van der Waals surface area contributed by atoms with Crippen LogP contribution in [0.1, 0.15) is 36.5 Å². The van der Waals surface area contributed by atoms with E-state index in [9.17, 15) is 13.2 Å². The number of ether oxygens (including phenoxy) is 1. The Hall–Kier alpha value is -1.48. The maximum absolute atomic E-state index is 12.9. The van der Waals surface area contributed by atoms with Crippen LogP contribution in [0.15, 0.2) is 29.2 Å². The molecule has 2 heterocycles. The number of nitrogens with zero attached hydrogens (tertiary/aromatic N) is 2. The minimum absolute atomic E-state index is 0.103. The van der Waals surface area contributed by atoms with Crippen molar-refractivity contribution in [3.8, 4) is 0 Å². The number of amides is 1. The first kappa shape index (κ1) is 20.3. The number of likely N-dealkylation sites (tertiary alicyclic amines) is 1. The molecule has 150 valence electrons. The van der Waals surface area contributed by atoms with Crippen LogP contribution in [0.2, 0.25) is 0 Å². The third kappa shape index (κ3) is 4.68. The van der Waals surface area contributed by atoms with Gasteiger partial charge in [0.1, 0.15) is 0 Å². The number of carbonyl (C=O) groups excluding carboxylic acids is 1. The minimum Gasteiger partial charge on any atom is -0.380 e. The van der Waals surface area contributed by atoms with Crippen molar-refractivity contribution in [1.82, 2.24) is 14.5 Å². The SMILES string of the molecule is CO[C@H](C)CNC(=O)c1cccc(S(=O)(=O)N2CC(N3CCCCC3)C2)c1. The molecule has 1 N–H and O–H groups in total. The lowest BCUT2D eigenvalue weighted by Gasteiger charge is -2.45. The Balaban J connectivity index is 1.62. The lowest BCUT2D eigenvalue weighted by atomic mass is 10.1. The fraction of sp³-hybridized carbons (Fsp3) is 0.632. The molecule has 2 saturated heterocycles. The van der Waals surface area contributed by atoms with E-state index < -0.39 is 10.0 Å². The zero-order valence-corrected chi connectivity index (χ0v) is 16.9. The molecule has 1 aromatic carbocycles. The van der Waals surface area contributed by atoms with E-state index in [1.807, 2.05) is 6.92 Å². The van der Waals surface area contributed by atoms with Crippen molar-refractivity contribution >= 4 is 15.9 Å². The minimum atomic E-state index is -3.56. The summed E-state index contributed by atoms with van der Waals surface area (Å²) in [5.74, 6) is -0.300. The fourth-order valence-corrected chi connectivity index (χ4v) is 5.06. The highest BCUT2D eigenvalue weighted by atomic mass is 32.2. The molecule has 0 unspecified atom stereocenters. The number of sulfonamides is 1. The van der Waals surface area contributed by atoms with E-state index in [0.717, 1.165) is 13.1 Å². The van der Waals surface area contributed by atoms with E-state index in [1.54, 1.807) is 25.3 Å². The van der Waals surface area contributed by atoms with E-state index in [2.05, 4.69) is 10.2 Å². The Kier molecular flexibility index (Phi) is 6.52. The smallest absolute Gasteiger partial charge is 0.251 e. The number of hydrogen-bond acceptors (Lipinski definition) is 5. The summed E-state index contributed by atoms with van der Waals surface area (Å²) in [6.07, 6.45) is 3.56. The highest BCUT2D eigenvalue weighted by Crippen LogP contribution is 2.26. The van der Waals surface area contributed by atoms with Crippen LogP contribution >= 0.6 is 0 Å². The molecule has 2 aliphatic rings. The zero-order valence-electron chi connectivity index (χ0n) is 16.1. The predicted molar refractivity (Wildman–Crippen MR) is 103 cm³/mol. The second-order valence-electron chi connectivity index (χ2n) is 7.36. The van der Waals surface area contributed by atoms with Gasteiger partial charge in [0.2, 0.25) is 10.0 Å². The van der Waals surface area contributed by atoms with Crippen LogP contribution in [0.5, 0.6) is 0 Å². The summed E-state index contributed by atoms with van der Waals surface area (Å²) in [6, 6.07) is 6.57. The van der Waals surface area contributed by atoms with E-state index in [0.29, 0.717) is 31.2 Å². The average Bonchev–Trinajstić information content (AvgIpc) is 2.65. The molecule has 27 heavy (non-hydrogen) atoms. The highest BCUT2D eigenvalue weighted by Gasteiger charge is 2.39. The lowest BCUT2D eigenvalue weighted by molar-refractivity contribution is 0.0716. The molecular formula is C19H29N3O4S. The second-order valence-corrected chi connectivity index (χ2v) is 9.29. The summed E-state index contributed by atoms with van der Waals surface area (Å²) in [5.41, 5.74) is 0.340. The van der Waals surface area contributed by atoms with Gasteiger partial charge in [-0.2, -0.15) is 4.31 Å². The number of piperidine rings is 1. The summed E-state index contributed by atoms with van der Waals surface area (Å²) in [4.78, 5) is 14.8. The average molecular weight is 396 g/mol. The largest absolute Gasteiger partial charge is 0.380 e. The zero-order chi connectivity index (χ0) is 19.4. The standard InChI is InChI=1S/C19H29N3O4S/c1-15(26-2)12-20-19(23)16-7-6-8-18(11-16)27(24,25)22-13-17(14-22)21-9-4-3-5-10-21/h6-8,11,15,17H,3-5,9-10,12-14H2,1-2H3,(H,20,23)/t15-/m1/s1. The van der Waals surface area contributed by atoms with E-state index in [-0.39, 0.29) is 16.9 Å². The first-order valence-electron chi connectivity index (χ1n) is 9.57. The van der Waals surface area contributed by atoms with Crippen molar-refractivity contribution in [2.24, 2.45) is 0 Å². The molecular weight excluding hydrogens is 366 g/mol. The first-order valence-corrected chi connectivity index (χ1v) is 11.0. The van der Waals surface area contributed by atoms with Gasteiger partial charge in [-0.25, -0.2) is 8.42 Å².